The number of hydrogen-bond donors (Lipinski definition) is 5. The number of fused-ring (bicyclic) bond motifs is 5. The van der Waals surface area contributed by atoms with Crippen LogP contribution < -0.4 is 26.2 Å². The molecule has 0 radical (unpaired) electrons. The van der Waals surface area contributed by atoms with Gasteiger partial charge < -0.3 is 73.3 Å². The van der Waals surface area contributed by atoms with E-state index >= 15 is 0 Å². The minimum absolute atomic E-state index is 0.0104. The largest absolute Gasteiger partial charge is 0.379 e. The van der Waals surface area contributed by atoms with E-state index in [1.807, 2.05) is 53.2 Å². The Morgan fingerprint density at radius 2 is 1.10 bits per heavy atom. The standard InChI is InChI=1S/C56H91N8O14PS/c1-45(2)57-25-31-71-35-39-75-40-36-73-33-27-60-53(67)23-30-70-34-38-74-42-43-76-41-37-72-32-26-59-52(66)21-22-54(68)63-44-47-16-9-10-17-48(47)55-56(49-18-11-12-19-50(49)63)64(62-61-55)28-14-7-8-20-51(65)58-24-13-5-6-15-29-77-79(69,80)78-46(3)4/h9-12,16-19,45-46,57H,5-8,13-15,20-44H2,1-4H3,(H,58,65)(H,59,66)(H,60,67)(H,69,80). The third-order valence-electron chi connectivity index (χ3n) is 12.2. The first-order valence-corrected chi connectivity index (χ1v) is 31.1. The van der Waals surface area contributed by atoms with Crippen LogP contribution in [0.4, 0.5) is 5.69 Å². The highest BCUT2D eigenvalue weighted by atomic mass is 32.5. The van der Waals surface area contributed by atoms with Crippen LogP contribution >= 0.6 is 6.72 Å². The highest BCUT2D eigenvalue weighted by Crippen LogP contribution is 2.45. The lowest BCUT2D eigenvalue weighted by Gasteiger charge is -2.28. The highest BCUT2D eigenvalue weighted by molar-refractivity contribution is 8.07. The number of nitrogens with one attached hydrogen (secondary N) is 4. The second kappa shape index (κ2) is 41.6. The van der Waals surface area contributed by atoms with Crippen LogP contribution in [0.3, 0.4) is 0 Å². The number of rotatable bonds is 47. The Morgan fingerprint density at radius 1 is 0.575 bits per heavy atom. The average molecular weight is 1160 g/mol. The van der Waals surface area contributed by atoms with E-state index in [-0.39, 0.29) is 49.0 Å². The molecule has 2 aromatic carbocycles. The van der Waals surface area contributed by atoms with Crippen molar-refractivity contribution in [3.63, 3.8) is 0 Å². The van der Waals surface area contributed by atoms with E-state index in [1.54, 1.807) is 18.7 Å². The van der Waals surface area contributed by atoms with Gasteiger partial charge in [-0.25, -0.2) is 4.68 Å². The van der Waals surface area contributed by atoms with Crippen molar-refractivity contribution in [2.24, 2.45) is 0 Å². The molecular formula is C56H91N8O14PS. The maximum atomic E-state index is 14.1. The Kier molecular flexibility index (Phi) is 35.5. The molecule has 1 aliphatic rings. The number of carbonyl (C=O) groups excluding carboxylic acids is 4. The molecule has 450 valence electrons. The molecule has 3 aromatic rings. The third-order valence-corrected chi connectivity index (χ3v) is 14.0. The van der Waals surface area contributed by atoms with Gasteiger partial charge in [-0.1, -0.05) is 80.8 Å². The lowest BCUT2D eigenvalue weighted by Crippen LogP contribution is -2.34. The topological polar surface area (TPSA) is 254 Å². The van der Waals surface area contributed by atoms with Gasteiger partial charge in [0.1, 0.15) is 5.69 Å². The van der Waals surface area contributed by atoms with E-state index in [9.17, 15) is 24.1 Å². The summed E-state index contributed by atoms with van der Waals surface area (Å²) >= 11 is 5.00. The molecule has 0 saturated heterocycles. The van der Waals surface area contributed by atoms with E-state index in [0.717, 1.165) is 79.6 Å². The molecule has 0 spiro atoms. The van der Waals surface area contributed by atoms with Crippen LogP contribution in [-0.2, 0) is 86.3 Å². The molecule has 5 N–H and O–H groups in total. The number of unbranched alkanes of at least 4 members (excludes halogenated alkanes) is 5. The van der Waals surface area contributed by atoms with E-state index in [2.05, 4.69) is 45.4 Å². The van der Waals surface area contributed by atoms with Crippen molar-refractivity contribution in [1.29, 1.82) is 0 Å². The number of anilines is 1. The molecule has 1 aliphatic heterocycles. The molecule has 4 rings (SSSR count). The average Bonchev–Trinajstić information content (AvgIpc) is 3.92. The Bertz CT molecular complexity index is 2260. The SMILES string of the molecule is CC(C)NCCOCCOCCOCCNC(=O)CCOCCOCCOCCOCCNC(=O)CCC(=O)N1Cc2ccccc2-c2nnn(CCCCCC(=O)NCCCCCCOP(O)(=S)OC(C)C)c2-c2ccccc21. The van der Waals surface area contributed by atoms with Crippen LogP contribution in [0.5, 0.6) is 0 Å². The van der Waals surface area contributed by atoms with Gasteiger partial charge in [0, 0.05) is 75.6 Å². The zero-order valence-electron chi connectivity index (χ0n) is 47.8. The van der Waals surface area contributed by atoms with Gasteiger partial charge in [-0.15, -0.1) is 5.10 Å². The van der Waals surface area contributed by atoms with Gasteiger partial charge in [0.05, 0.1) is 123 Å². The molecule has 1 aromatic heterocycles. The summed E-state index contributed by atoms with van der Waals surface area (Å²) in [4.78, 5) is 63.3. The van der Waals surface area contributed by atoms with Gasteiger partial charge in [-0.3, -0.25) is 19.2 Å². The third kappa shape index (κ3) is 29.6. The smallest absolute Gasteiger partial charge is 0.324 e. The number of benzene rings is 2. The van der Waals surface area contributed by atoms with Gasteiger partial charge >= 0.3 is 6.72 Å². The van der Waals surface area contributed by atoms with Crippen molar-refractivity contribution < 1.29 is 66.3 Å². The fourth-order valence-electron chi connectivity index (χ4n) is 8.24. The molecule has 0 bridgehead atoms. The lowest BCUT2D eigenvalue weighted by molar-refractivity contribution is -0.125. The van der Waals surface area contributed by atoms with E-state index < -0.39 is 6.72 Å². The van der Waals surface area contributed by atoms with Gasteiger partial charge in [0.25, 0.3) is 0 Å². The van der Waals surface area contributed by atoms with Crippen molar-refractivity contribution >= 4 is 47.8 Å². The van der Waals surface area contributed by atoms with Crippen LogP contribution in [-0.4, -0.2) is 181 Å². The van der Waals surface area contributed by atoms with Crippen LogP contribution in [0.15, 0.2) is 48.5 Å². The molecular weight excluding hydrogens is 1070 g/mol. The molecule has 1 atom stereocenters. The molecule has 1 unspecified atom stereocenters. The zero-order chi connectivity index (χ0) is 57.5. The number of ether oxygens (including phenoxy) is 7. The minimum Gasteiger partial charge on any atom is -0.379 e. The number of carbonyl (C=O) groups is 4. The Labute approximate surface area is 478 Å². The van der Waals surface area contributed by atoms with Gasteiger partial charge in [-0.2, -0.15) is 0 Å². The fraction of sp³-hybridized carbons (Fsp3) is 0.679. The first kappa shape index (κ1) is 68.2. The van der Waals surface area contributed by atoms with Crippen molar-refractivity contribution in [3.8, 4) is 22.5 Å². The zero-order valence-corrected chi connectivity index (χ0v) is 49.5. The van der Waals surface area contributed by atoms with E-state index in [1.165, 1.54) is 0 Å². The van der Waals surface area contributed by atoms with Gasteiger partial charge in [0.15, 0.2) is 0 Å². The predicted octanol–water partition coefficient (Wildman–Crippen LogP) is 5.87. The van der Waals surface area contributed by atoms with Crippen molar-refractivity contribution in [2.75, 3.05) is 130 Å². The molecule has 0 aliphatic carbocycles. The van der Waals surface area contributed by atoms with Crippen LogP contribution in [0.2, 0.25) is 0 Å². The number of nitrogens with zero attached hydrogens (tertiary/aromatic N) is 4. The molecule has 0 fully saturated rings. The second-order valence-corrected chi connectivity index (χ2v) is 22.3. The Hall–Kier alpha value is -4.33. The monoisotopic (exact) mass is 1160 g/mol. The van der Waals surface area contributed by atoms with Crippen molar-refractivity contribution in [2.45, 2.75) is 124 Å². The maximum absolute atomic E-state index is 14.1. The summed E-state index contributed by atoms with van der Waals surface area (Å²) in [7, 11) is 0. The summed E-state index contributed by atoms with van der Waals surface area (Å²) in [6, 6.07) is 16.1. The summed E-state index contributed by atoms with van der Waals surface area (Å²) in [5.74, 6) is -0.505. The highest BCUT2D eigenvalue weighted by Gasteiger charge is 2.29. The Morgan fingerprint density at radius 3 is 1.74 bits per heavy atom. The van der Waals surface area contributed by atoms with E-state index in [4.69, 9.17) is 54.0 Å². The normalized spacial score (nSPS) is 12.9. The summed E-state index contributed by atoms with van der Waals surface area (Å²) < 4.78 is 51.2. The molecule has 2 heterocycles. The fourth-order valence-corrected chi connectivity index (χ4v) is 9.93. The van der Waals surface area contributed by atoms with Crippen molar-refractivity contribution in [3.05, 3.63) is 54.1 Å². The summed E-state index contributed by atoms with van der Waals surface area (Å²) in [5, 5.41) is 21.2. The Balaban J connectivity index is 1.02. The van der Waals surface area contributed by atoms with E-state index in [0.29, 0.717) is 150 Å². The molecule has 4 amide bonds. The maximum Gasteiger partial charge on any atom is 0.324 e. The quantitative estimate of drug-likeness (QED) is 0.0327. The molecule has 80 heavy (non-hydrogen) atoms. The second-order valence-electron chi connectivity index (χ2n) is 19.5. The summed E-state index contributed by atoms with van der Waals surface area (Å²) in [5.41, 5.74) is 4.90. The molecule has 24 heteroatoms. The predicted molar refractivity (Wildman–Crippen MR) is 309 cm³/mol. The lowest BCUT2D eigenvalue weighted by atomic mass is 9.95. The van der Waals surface area contributed by atoms with Crippen LogP contribution in [0.1, 0.15) is 104 Å². The first-order chi connectivity index (χ1) is 38.8. The van der Waals surface area contributed by atoms with Crippen LogP contribution in [0, 0.1) is 0 Å². The van der Waals surface area contributed by atoms with Crippen molar-refractivity contribution in [1.82, 2.24) is 36.3 Å². The summed E-state index contributed by atoms with van der Waals surface area (Å²) in [6.45, 7) is 13.8. The number of para-hydroxylation sites is 1. The van der Waals surface area contributed by atoms with Gasteiger partial charge in [-0.05, 0) is 63.0 Å². The first-order valence-electron chi connectivity index (χ1n) is 28.5. The summed E-state index contributed by atoms with van der Waals surface area (Å²) in [6.07, 6.45) is 6.29. The van der Waals surface area contributed by atoms with Crippen LogP contribution in [0.25, 0.3) is 22.5 Å². The van der Waals surface area contributed by atoms with Gasteiger partial charge in [0.2, 0.25) is 23.6 Å². The number of amides is 4. The molecule has 22 nitrogen and oxygen atoms in total. The molecule has 0 saturated carbocycles. The number of aromatic nitrogens is 3. The minimum atomic E-state index is -3.18. The number of aryl methyl sites for hydroxylation is 1. The number of hydrogen-bond acceptors (Lipinski definition) is 17.